The Bertz CT molecular complexity index is 673. The predicted molar refractivity (Wildman–Crippen MR) is 87.5 cm³/mol. The molecule has 3 rings (SSSR count). The second-order valence-electron chi connectivity index (χ2n) is 6.15. The molecule has 1 aliphatic rings. The molecule has 0 fully saturated rings. The number of fused-ring (bicyclic) bond motifs is 3. The second kappa shape index (κ2) is 6.13. The molecular formula is C18H24N2O2. The number of nitrogens with one attached hydrogen (secondary N) is 1. The van der Waals surface area contributed by atoms with Crippen molar-refractivity contribution >= 4 is 16.8 Å². The van der Waals surface area contributed by atoms with Gasteiger partial charge in [0.15, 0.2) is 0 Å². The van der Waals surface area contributed by atoms with Crippen molar-refractivity contribution in [1.82, 2.24) is 9.88 Å². The molecule has 0 saturated carbocycles. The molecule has 1 aromatic carbocycles. The van der Waals surface area contributed by atoms with Crippen LogP contribution in [-0.4, -0.2) is 33.5 Å². The summed E-state index contributed by atoms with van der Waals surface area (Å²) < 4.78 is 0. The highest BCUT2D eigenvalue weighted by Crippen LogP contribution is 2.31. The lowest BCUT2D eigenvalue weighted by Gasteiger charge is -2.36. The first kappa shape index (κ1) is 15.1. The smallest absolute Gasteiger partial charge is 0.226 e. The molecule has 1 amide bonds. The summed E-state index contributed by atoms with van der Waals surface area (Å²) in [7, 11) is 0. The van der Waals surface area contributed by atoms with Crippen molar-refractivity contribution in [3.63, 3.8) is 0 Å². The van der Waals surface area contributed by atoms with E-state index in [2.05, 4.69) is 31.0 Å². The summed E-state index contributed by atoms with van der Waals surface area (Å²) in [6.07, 6.45) is 2.43. The van der Waals surface area contributed by atoms with Crippen LogP contribution in [0, 0.1) is 5.92 Å². The van der Waals surface area contributed by atoms with E-state index in [9.17, 15) is 9.90 Å². The standard InChI is InChI=1S/C18H24N2O2/c1-3-12(4-2)18(22)20-10-17-15(9-13(20)11-21)14-7-5-6-8-16(14)19-17/h5-8,12-13,19,21H,3-4,9-11H2,1-2H3. The Kier molecular flexibility index (Phi) is 4.21. The highest BCUT2D eigenvalue weighted by molar-refractivity contribution is 5.86. The summed E-state index contributed by atoms with van der Waals surface area (Å²) >= 11 is 0. The number of nitrogens with zero attached hydrogens (tertiary/aromatic N) is 1. The van der Waals surface area contributed by atoms with Crippen LogP contribution < -0.4 is 0 Å². The van der Waals surface area contributed by atoms with Gasteiger partial charge in [-0.1, -0.05) is 32.0 Å². The molecule has 4 heteroatoms. The third-order valence-corrected chi connectivity index (χ3v) is 4.94. The fraction of sp³-hybridized carbons (Fsp3) is 0.500. The van der Waals surface area contributed by atoms with E-state index in [0.29, 0.717) is 6.54 Å². The molecule has 2 heterocycles. The van der Waals surface area contributed by atoms with Crippen LogP contribution in [0.15, 0.2) is 24.3 Å². The van der Waals surface area contributed by atoms with Gasteiger partial charge in [0.25, 0.3) is 0 Å². The molecule has 22 heavy (non-hydrogen) atoms. The number of hydrogen-bond donors (Lipinski definition) is 2. The van der Waals surface area contributed by atoms with Crippen molar-refractivity contribution in [1.29, 1.82) is 0 Å². The van der Waals surface area contributed by atoms with E-state index in [4.69, 9.17) is 0 Å². The van der Waals surface area contributed by atoms with Gasteiger partial charge in [-0.25, -0.2) is 0 Å². The zero-order valence-corrected chi connectivity index (χ0v) is 13.3. The predicted octanol–water partition coefficient (Wildman–Crippen LogP) is 2.85. The van der Waals surface area contributed by atoms with Crippen molar-refractivity contribution in [2.75, 3.05) is 6.61 Å². The highest BCUT2D eigenvalue weighted by atomic mass is 16.3. The minimum absolute atomic E-state index is 0.0187. The Balaban J connectivity index is 1.96. The van der Waals surface area contributed by atoms with Gasteiger partial charge < -0.3 is 15.0 Å². The van der Waals surface area contributed by atoms with Gasteiger partial charge in [-0.3, -0.25) is 4.79 Å². The Morgan fingerprint density at radius 1 is 1.36 bits per heavy atom. The van der Waals surface area contributed by atoms with Gasteiger partial charge in [0.1, 0.15) is 0 Å². The van der Waals surface area contributed by atoms with Gasteiger partial charge in [-0.05, 0) is 30.9 Å². The molecule has 1 atom stereocenters. The first-order chi connectivity index (χ1) is 10.7. The number of para-hydroxylation sites is 1. The Labute approximate surface area is 131 Å². The summed E-state index contributed by atoms with van der Waals surface area (Å²) in [5, 5.41) is 11.0. The summed E-state index contributed by atoms with van der Waals surface area (Å²) in [5.74, 6) is 0.230. The molecule has 4 nitrogen and oxygen atoms in total. The quantitative estimate of drug-likeness (QED) is 0.912. The molecule has 0 saturated heterocycles. The van der Waals surface area contributed by atoms with Crippen molar-refractivity contribution in [2.24, 2.45) is 5.92 Å². The van der Waals surface area contributed by atoms with E-state index < -0.39 is 0 Å². The van der Waals surface area contributed by atoms with Crippen LogP contribution in [0.25, 0.3) is 10.9 Å². The van der Waals surface area contributed by atoms with E-state index >= 15 is 0 Å². The molecule has 118 valence electrons. The van der Waals surface area contributed by atoms with Crippen LogP contribution in [0.3, 0.4) is 0 Å². The molecule has 0 radical (unpaired) electrons. The Hall–Kier alpha value is -1.81. The molecule has 1 aliphatic heterocycles. The molecule has 0 spiro atoms. The third-order valence-electron chi connectivity index (χ3n) is 4.94. The molecule has 1 unspecified atom stereocenters. The second-order valence-corrected chi connectivity index (χ2v) is 6.15. The van der Waals surface area contributed by atoms with Crippen LogP contribution in [0.5, 0.6) is 0 Å². The van der Waals surface area contributed by atoms with Crippen LogP contribution in [0.4, 0.5) is 0 Å². The van der Waals surface area contributed by atoms with E-state index in [1.54, 1.807) is 0 Å². The van der Waals surface area contributed by atoms with E-state index in [0.717, 1.165) is 30.5 Å². The SMILES string of the molecule is CCC(CC)C(=O)N1Cc2[nH]c3ccccc3c2CC1CO. The lowest BCUT2D eigenvalue weighted by Crippen LogP contribution is -2.48. The molecule has 0 aliphatic carbocycles. The monoisotopic (exact) mass is 300 g/mol. The Morgan fingerprint density at radius 2 is 2.09 bits per heavy atom. The minimum Gasteiger partial charge on any atom is -0.394 e. The van der Waals surface area contributed by atoms with Crippen LogP contribution in [0.1, 0.15) is 37.9 Å². The molecule has 0 bridgehead atoms. The normalized spacial score (nSPS) is 18.0. The molecular weight excluding hydrogens is 276 g/mol. The number of benzene rings is 1. The number of aliphatic hydroxyl groups is 1. The first-order valence-electron chi connectivity index (χ1n) is 8.19. The maximum absolute atomic E-state index is 12.8. The summed E-state index contributed by atoms with van der Waals surface area (Å²) in [6, 6.07) is 8.11. The van der Waals surface area contributed by atoms with Gasteiger partial charge in [0.2, 0.25) is 5.91 Å². The summed E-state index contributed by atoms with van der Waals surface area (Å²) in [4.78, 5) is 18.1. The summed E-state index contributed by atoms with van der Waals surface area (Å²) in [5.41, 5.74) is 3.48. The van der Waals surface area contributed by atoms with E-state index in [-0.39, 0.29) is 24.5 Å². The van der Waals surface area contributed by atoms with Gasteiger partial charge in [0.05, 0.1) is 19.2 Å². The first-order valence-corrected chi connectivity index (χ1v) is 8.19. The van der Waals surface area contributed by atoms with Crippen molar-refractivity contribution in [3.05, 3.63) is 35.5 Å². The van der Waals surface area contributed by atoms with Gasteiger partial charge in [0, 0.05) is 22.5 Å². The topological polar surface area (TPSA) is 56.3 Å². The van der Waals surface area contributed by atoms with Crippen molar-refractivity contribution in [3.8, 4) is 0 Å². The third kappa shape index (κ3) is 2.41. The fourth-order valence-corrected chi connectivity index (χ4v) is 3.56. The lowest BCUT2D eigenvalue weighted by molar-refractivity contribution is -0.140. The summed E-state index contributed by atoms with van der Waals surface area (Å²) in [6.45, 7) is 4.70. The number of aromatic nitrogens is 1. The largest absolute Gasteiger partial charge is 0.394 e. The number of carbonyl (C=O) groups excluding carboxylic acids is 1. The van der Waals surface area contributed by atoms with Crippen LogP contribution >= 0.6 is 0 Å². The van der Waals surface area contributed by atoms with Crippen molar-refractivity contribution in [2.45, 2.75) is 45.7 Å². The van der Waals surface area contributed by atoms with Crippen LogP contribution in [-0.2, 0) is 17.8 Å². The molecule has 2 aromatic rings. The zero-order chi connectivity index (χ0) is 15.7. The van der Waals surface area contributed by atoms with Gasteiger partial charge >= 0.3 is 0 Å². The maximum Gasteiger partial charge on any atom is 0.226 e. The average Bonchev–Trinajstić information content (AvgIpc) is 2.92. The number of carbonyl (C=O) groups is 1. The number of aromatic amines is 1. The molecule has 2 N–H and O–H groups in total. The number of hydrogen-bond acceptors (Lipinski definition) is 2. The average molecular weight is 300 g/mol. The minimum atomic E-state index is -0.111. The number of amides is 1. The fourth-order valence-electron chi connectivity index (χ4n) is 3.56. The lowest BCUT2D eigenvalue weighted by atomic mass is 9.94. The Morgan fingerprint density at radius 3 is 2.77 bits per heavy atom. The van der Waals surface area contributed by atoms with Crippen LogP contribution in [0.2, 0.25) is 0 Å². The van der Waals surface area contributed by atoms with E-state index in [1.165, 1.54) is 10.9 Å². The maximum atomic E-state index is 12.8. The van der Waals surface area contributed by atoms with Gasteiger partial charge in [-0.2, -0.15) is 0 Å². The van der Waals surface area contributed by atoms with E-state index in [1.807, 2.05) is 17.0 Å². The molecule has 1 aromatic heterocycles. The van der Waals surface area contributed by atoms with Crippen molar-refractivity contribution < 1.29 is 9.90 Å². The number of aliphatic hydroxyl groups excluding tert-OH is 1. The number of H-pyrrole nitrogens is 1. The number of rotatable bonds is 4. The zero-order valence-electron chi connectivity index (χ0n) is 13.3. The van der Waals surface area contributed by atoms with Gasteiger partial charge in [-0.15, -0.1) is 0 Å². The highest BCUT2D eigenvalue weighted by Gasteiger charge is 2.33.